The maximum atomic E-state index is 9.89. The molecule has 0 bridgehead atoms. The summed E-state index contributed by atoms with van der Waals surface area (Å²) in [6.45, 7) is 4.75. The minimum Gasteiger partial charge on any atom is -0.310 e. The summed E-state index contributed by atoms with van der Waals surface area (Å²) in [5.41, 5.74) is 22.2. The van der Waals surface area contributed by atoms with Gasteiger partial charge in [0.25, 0.3) is 0 Å². The molecule has 59 heavy (non-hydrogen) atoms. The molecule has 1 saturated carbocycles. The Morgan fingerprint density at radius 1 is 0.407 bits per heavy atom. The molecule has 0 N–H and O–H groups in total. The molecule has 4 aliphatic rings. The van der Waals surface area contributed by atoms with Gasteiger partial charge < -0.3 is 4.90 Å². The van der Waals surface area contributed by atoms with Crippen LogP contribution in [-0.4, -0.2) is 0 Å². The maximum absolute atomic E-state index is 9.89. The average molecular weight is 759 g/mol. The van der Waals surface area contributed by atoms with Crippen molar-refractivity contribution in [1.29, 1.82) is 0 Å². The van der Waals surface area contributed by atoms with Gasteiger partial charge in [0, 0.05) is 23.7 Å². The normalized spacial score (nSPS) is 16.9. The van der Waals surface area contributed by atoms with Gasteiger partial charge in [-0.2, -0.15) is 0 Å². The maximum Gasteiger partial charge on any atom is 0.0726 e. The smallest absolute Gasteiger partial charge is 0.0726 e. The lowest BCUT2D eigenvalue weighted by Gasteiger charge is -2.33. The number of hydrogen-bond donors (Lipinski definition) is 0. The van der Waals surface area contributed by atoms with Gasteiger partial charge in [-0.05, 0) is 127 Å². The SMILES string of the molecule is [2H]C1(c2ccccc2-c2ccccc2N(c2ccc3c(c2)C(C)(C)c2ccccc2-3)c2ccc3c(c2)C2(c4ccccc4-c4ccccc42)c2ccccc2-3)CCCCC1. The summed E-state index contributed by atoms with van der Waals surface area (Å²) in [6, 6.07) is 68.3. The van der Waals surface area contributed by atoms with Crippen LogP contribution < -0.4 is 4.90 Å². The third-order valence-corrected chi connectivity index (χ3v) is 14.3. The zero-order chi connectivity index (χ0) is 40.2. The molecule has 8 aromatic rings. The highest BCUT2D eigenvalue weighted by atomic mass is 15.1. The first-order chi connectivity index (χ1) is 29.4. The number of para-hydroxylation sites is 1. The second kappa shape index (κ2) is 13.0. The van der Waals surface area contributed by atoms with Gasteiger partial charge in [0.2, 0.25) is 0 Å². The predicted molar refractivity (Wildman–Crippen MR) is 246 cm³/mol. The van der Waals surface area contributed by atoms with Crippen molar-refractivity contribution >= 4 is 17.1 Å². The fourth-order valence-corrected chi connectivity index (χ4v) is 11.7. The molecule has 4 aliphatic carbocycles. The van der Waals surface area contributed by atoms with E-state index < -0.39 is 11.3 Å². The van der Waals surface area contributed by atoms with E-state index in [1.165, 1.54) is 73.2 Å². The molecule has 0 heterocycles. The highest BCUT2D eigenvalue weighted by Gasteiger charge is 2.51. The molecular formula is C58H47N. The van der Waals surface area contributed by atoms with E-state index in [9.17, 15) is 1.37 Å². The molecule has 0 aromatic heterocycles. The summed E-state index contributed by atoms with van der Waals surface area (Å²) >= 11 is 0. The zero-order valence-corrected chi connectivity index (χ0v) is 33.8. The topological polar surface area (TPSA) is 3.24 Å². The first kappa shape index (κ1) is 33.5. The van der Waals surface area contributed by atoms with Crippen LogP contribution in [0.2, 0.25) is 0 Å². The quantitative estimate of drug-likeness (QED) is 0.169. The Morgan fingerprint density at radius 3 is 1.42 bits per heavy atom. The molecule has 8 aromatic carbocycles. The molecule has 0 saturated heterocycles. The van der Waals surface area contributed by atoms with Gasteiger partial charge in [0.1, 0.15) is 0 Å². The Labute approximate surface area is 350 Å². The number of hydrogen-bond acceptors (Lipinski definition) is 1. The van der Waals surface area contributed by atoms with Gasteiger partial charge in [-0.25, -0.2) is 0 Å². The first-order valence-corrected chi connectivity index (χ1v) is 21.6. The van der Waals surface area contributed by atoms with Crippen LogP contribution in [-0.2, 0) is 10.8 Å². The van der Waals surface area contributed by atoms with Gasteiger partial charge in [-0.3, -0.25) is 0 Å². The molecule has 0 amide bonds. The highest BCUT2D eigenvalue weighted by Crippen LogP contribution is 2.63. The third kappa shape index (κ3) is 4.85. The standard InChI is InChI=1S/C58H47N/c1-57(2)50-27-13-8-22-43(50)47-34-32-39(36-54(47)57)59(56-31-17-12-26-49(56)42-21-7-6-20-41(42)38-18-4-3-5-19-38)40-33-35-48-46-25-11-16-30-53(46)58(55(48)37-40)51-28-14-9-23-44(51)45-24-10-15-29-52(45)58/h6-17,20-38H,3-5,18-19H2,1-2H3/i38D. The van der Waals surface area contributed by atoms with Gasteiger partial charge in [-0.1, -0.05) is 185 Å². The molecule has 12 rings (SSSR count). The van der Waals surface area contributed by atoms with Crippen molar-refractivity contribution in [3.63, 3.8) is 0 Å². The molecule has 1 fully saturated rings. The van der Waals surface area contributed by atoms with Crippen LogP contribution >= 0.6 is 0 Å². The Kier molecular flexibility index (Phi) is 7.41. The number of fused-ring (bicyclic) bond motifs is 13. The first-order valence-electron chi connectivity index (χ1n) is 22.1. The van der Waals surface area contributed by atoms with E-state index >= 15 is 0 Å². The van der Waals surface area contributed by atoms with Crippen molar-refractivity contribution in [1.82, 2.24) is 0 Å². The Balaban J connectivity index is 1.13. The van der Waals surface area contributed by atoms with Crippen LogP contribution in [0.3, 0.4) is 0 Å². The highest BCUT2D eigenvalue weighted by molar-refractivity contribution is 5.97. The molecule has 1 heteroatoms. The third-order valence-electron chi connectivity index (χ3n) is 14.3. The van der Waals surface area contributed by atoms with E-state index in [0.717, 1.165) is 59.4 Å². The second-order valence-electron chi connectivity index (χ2n) is 17.6. The van der Waals surface area contributed by atoms with Crippen molar-refractivity contribution in [2.24, 2.45) is 0 Å². The van der Waals surface area contributed by atoms with Crippen LogP contribution in [0.1, 0.15) is 92.2 Å². The van der Waals surface area contributed by atoms with Crippen molar-refractivity contribution < 1.29 is 1.37 Å². The lowest BCUT2D eigenvalue weighted by molar-refractivity contribution is 0.444. The molecule has 0 radical (unpaired) electrons. The van der Waals surface area contributed by atoms with E-state index in [-0.39, 0.29) is 5.41 Å². The molecule has 1 spiro atoms. The van der Waals surface area contributed by atoms with E-state index in [2.05, 4.69) is 201 Å². The minimum atomic E-state index is -0.606. The van der Waals surface area contributed by atoms with Crippen molar-refractivity contribution in [2.75, 3.05) is 4.90 Å². The summed E-state index contributed by atoms with van der Waals surface area (Å²) in [4.78, 5) is 2.52. The second-order valence-corrected chi connectivity index (χ2v) is 17.6. The Morgan fingerprint density at radius 2 is 0.831 bits per heavy atom. The fraction of sp³-hybridized carbons (Fsp3) is 0.172. The van der Waals surface area contributed by atoms with Crippen LogP contribution in [0.25, 0.3) is 44.5 Å². The van der Waals surface area contributed by atoms with E-state index in [0.29, 0.717) is 0 Å². The van der Waals surface area contributed by atoms with Gasteiger partial charge >= 0.3 is 0 Å². The number of nitrogens with zero attached hydrogens (tertiary/aromatic N) is 1. The number of benzene rings is 8. The molecule has 0 unspecified atom stereocenters. The van der Waals surface area contributed by atoms with Crippen LogP contribution in [0.5, 0.6) is 0 Å². The lowest BCUT2D eigenvalue weighted by atomic mass is 9.70. The van der Waals surface area contributed by atoms with E-state index in [4.69, 9.17) is 0 Å². The monoisotopic (exact) mass is 758 g/mol. The van der Waals surface area contributed by atoms with Crippen LogP contribution in [0, 0.1) is 0 Å². The number of rotatable bonds is 5. The summed E-state index contributed by atoms with van der Waals surface area (Å²) in [7, 11) is 0. The summed E-state index contributed by atoms with van der Waals surface area (Å²) in [5.74, 6) is -0.606. The summed E-state index contributed by atoms with van der Waals surface area (Å²) in [6.07, 6.45) is 5.21. The predicted octanol–water partition coefficient (Wildman–Crippen LogP) is 15.5. The molecule has 0 atom stereocenters. The van der Waals surface area contributed by atoms with Gasteiger partial charge in [-0.15, -0.1) is 0 Å². The largest absolute Gasteiger partial charge is 0.310 e. The number of anilines is 3. The summed E-state index contributed by atoms with van der Waals surface area (Å²) in [5, 5.41) is 0. The minimum absolute atomic E-state index is 0.154. The fourth-order valence-electron chi connectivity index (χ4n) is 11.7. The van der Waals surface area contributed by atoms with E-state index in [1.54, 1.807) is 0 Å². The summed E-state index contributed by atoms with van der Waals surface area (Å²) < 4.78 is 9.89. The van der Waals surface area contributed by atoms with Gasteiger partial charge in [0.05, 0.1) is 11.1 Å². The van der Waals surface area contributed by atoms with Gasteiger partial charge in [0.15, 0.2) is 0 Å². The van der Waals surface area contributed by atoms with Crippen LogP contribution in [0.15, 0.2) is 182 Å². The molecule has 284 valence electrons. The molecule has 1 nitrogen and oxygen atoms in total. The Bertz CT molecular complexity index is 2970. The van der Waals surface area contributed by atoms with Crippen LogP contribution in [0.4, 0.5) is 17.1 Å². The van der Waals surface area contributed by atoms with Crippen molar-refractivity contribution in [2.45, 2.75) is 62.7 Å². The Hall–Kier alpha value is -6.44. The molecule has 0 aliphatic heterocycles. The van der Waals surface area contributed by atoms with Crippen molar-refractivity contribution in [3.8, 4) is 44.5 Å². The lowest BCUT2D eigenvalue weighted by Crippen LogP contribution is -2.26. The van der Waals surface area contributed by atoms with E-state index in [1.807, 2.05) is 0 Å². The molecular weight excluding hydrogens is 711 g/mol. The zero-order valence-electron chi connectivity index (χ0n) is 34.8. The average Bonchev–Trinajstić information content (AvgIpc) is 3.85. The van der Waals surface area contributed by atoms with Crippen molar-refractivity contribution in [3.05, 3.63) is 221 Å².